The van der Waals surface area contributed by atoms with Crippen LogP contribution in [0.1, 0.15) is 12.8 Å². The van der Waals surface area contributed by atoms with Crippen LogP contribution in [0.2, 0.25) is 0 Å². The molecule has 0 spiro atoms. The summed E-state index contributed by atoms with van der Waals surface area (Å²) in [4.78, 5) is 36.5. The van der Waals surface area contributed by atoms with Crippen molar-refractivity contribution < 1.29 is 9.90 Å². The van der Waals surface area contributed by atoms with E-state index >= 15 is 0 Å². The lowest BCUT2D eigenvalue weighted by Crippen LogP contribution is -2.41. The molecule has 1 aromatic rings. The van der Waals surface area contributed by atoms with E-state index in [1.54, 1.807) is 0 Å². The summed E-state index contributed by atoms with van der Waals surface area (Å²) < 4.78 is 0. The maximum absolute atomic E-state index is 11.4. The summed E-state index contributed by atoms with van der Waals surface area (Å²) in [6.45, 7) is 0.444. The van der Waals surface area contributed by atoms with Crippen LogP contribution in [0, 0.1) is 0 Å². The lowest BCUT2D eigenvalue weighted by Gasteiger charge is -2.20. The van der Waals surface area contributed by atoms with Crippen molar-refractivity contribution in [3.63, 3.8) is 0 Å². The standard InChI is InChI=1S/C8H10N4O4/c13-6-5(10-11-8(16)9-6)12-3-1-2-4(12)7(14)15/h4H,1-3H2,(H,14,15)(H2,9,11,13,16). The van der Waals surface area contributed by atoms with Crippen molar-refractivity contribution in [3.8, 4) is 0 Å². The molecule has 1 atom stereocenters. The summed E-state index contributed by atoms with van der Waals surface area (Å²) in [6.07, 6.45) is 1.15. The van der Waals surface area contributed by atoms with Gasteiger partial charge in [-0.15, -0.1) is 5.10 Å². The third-order valence-electron chi connectivity index (χ3n) is 2.50. The molecule has 1 unspecified atom stereocenters. The number of hydrogen-bond acceptors (Lipinski definition) is 5. The number of nitrogens with one attached hydrogen (secondary N) is 2. The summed E-state index contributed by atoms with van der Waals surface area (Å²) in [6, 6.07) is -0.750. The Hall–Kier alpha value is -2.12. The van der Waals surface area contributed by atoms with Crippen LogP contribution in [0.3, 0.4) is 0 Å². The average molecular weight is 226 g/mol. The Kier molecular flexibility index (Phi) is 2.47. The summed E-state index contributed by atoms with van der Waals surface area (Å²) >= 11 is 0. The molecule has 8 nitrogen and oxygen atoms in total. The zero-order valence-electron chi connectivity index (χ0n) is 8.27. The van der Waals surface area contributed by atoms with Crippen molar-refractivity contribution in [2.75, 3.05) is 11.4 Å². The number of aromatic amines is 2. The molecule has 8 heteroatoms. The van der Waals surface area contributed by atoms with Gasteiger partial charge in [0.15, 0.2) is 0 Å². The molecule has 2 heterocycles. The van der Waals surface area contributed by atoms with E-state index < -0.39 is 23.3 Å². The van der Waals surface area contributed by atoms with Crippen LogP contribution >= 0.6 is 0 Å². The zero-order valence-corrected chi connectivity index (χ0v) is 8.27. The number of aliphatic carboxylic acids is 1. The lowest BCUT2D eigenvalue weighted by atomic mass is 10.2. The van der Waals surface area contributed by atoms with Crippen molar-refractivity contribution >= 4 is 11.8 Å². The fourth-order valence-electron chi connectivity index (χ4n) is 1.81. The maximum Gasteiger partial charge on any atom is 0.342 e. The van der Waals surface area contributed by atoms with Gasteiger partial charge in [0.1, 0.15) is 6.04 Å². The molecule has 0 aromatic carbocycles. The molecular formula is C8H10N4O4. The van der Waals surface area contributed by atoms with E-state index in [9.17, 15) is 14.4 Å². The van der Waals surface area contributed by atoms with Gasteiger partial charge in [0, 0.05) is 6.54 Å². The number of nitrogens with zero attached hydrogens (tertiary/aromatic N) is 2. The molecular weight excluding hydrogens is 216 g/mol. The van der Waals surface area contributed by atoms with Gasteiger partial charge in [0.05, 0.1) is 0 Å². The predicted octanol–water partition coefficient (Wildman–Crippen LogP) is -1.49. The molecule has 1 saturated heterocycles. The normalized spacial score (nSPS) is 20.0. The number of carboxylic acid groups (broad SMARTS) is 1. The third-order valence-corrected chi connectivity index (χ3v) is 2.50. The summed E-state index contributed by atoms with van der Waals surface area (Å²) in [5, 5.41) is 14.6. The van der Waals surface area contributed by atoms with E-state index in [1.165, 1.54) is 4.90 Å². The van der Waals surface area contributed by atoms with Crippen molar-refractivity contribution in [3.05, 3.63) is 20.8 Å². The van der Waals surface area contributed by atoms with Crippen LogP contribution in [0.15, 0.2) is 9.59 Å². The second-order valence-corrected chi connectivity index (χ2v) is 3.52. The Morgan fingerprint density at radius 2 is 2.25 bits per heavy atom. The minimum atomic E-state index is -0.995. The fraction of sp³-hybridized carbons (Fsp3) is 0.500. The number of carboxylic acids is 1. The quantitative estimate of drug-likeness (QED) is 0.565. The van der Waals surface area contributed by atoms with Gasteiger partial charge in [-0.1, -0.05) is 0 Å². The number of H-pyrrole nitrogens is 2. The molecule has 1 fully saturated rings. The Morgan fingerprint density at radius 1 is 1.50 bits per heavy atom. The van der Waals surface area contributed by atoms with Gasteiger partial charge < -0.3 is 10.0 Å². The van der Waals surface area contributed by atoms with Crippen LogP contribution in [-0.4, -0.2) is 38.8 Å². The first-order valence-electron chi connectivity index (χ1n) is 4.78. The lowest BCUT2D eigenvalue weighted by molar-refractivity contribution is -0.138. The molecule has 1 aliphatic heterocycles. The van der Waals surface area contributed by atoms with Crippen molar-refractivity contribution in [2.24, 2.45) is 0 Å². The Balaban J connectivity index is 2.40. The largest absolute Gasteiger partial charge is 0.480 e. The molecule has 0 saturated carbocycles. The van der Waals surface area contributed by atoms with Crippen LogP contribution < -0.4 is 16.1 Å². The van der Waals surface area contributed by atoms with Gasteiger partial charge in [-0.05, 0) is 12.8 Å². The summed E-state index contributed by atoms with van der Waals surface area (Å²) in [5.41, 5.74) is -1.38. The van der Waals surface area contributed by atoms with Crippen LogP contribution in [0.25, 0.3) is 0 Å². The van der Waals surface area contributed by atoms with Gasteiger partial charge in [0.2, 0.25) is 5.82 Å². The van der Waals surface area contributed by atoms with E-state index in [0.717, 1.165) is 0 Å². The number of aromatic nitrogens is 3. The minimum Gasteiger partial charge on any atom is -0.480 e. The Labute approximate surface area is 88.9 Å². The van der Waals surface area contributed by atoms with E-state index in [1.807, 2.05) is 4.98 Å². The van der Waals surface area contributed by atoms with Crippen molar-refractivity contribution in [1.29, 1.82) is 0 Å². The molecule has 1 aromatic heterocycles. The van der Waals surface area contributed by atoms with E-state index in [0.29, 0.717) is 19.4 Å². The topological polar surface area (TPSA) is 119 Å². The highest BCUT2D eigenvalue weighted by atomic mass is 16.4. The van der Waals surface area contributed by atoms with E-state index in [-0.39, 0.29) is 5.82 Å². The van der Waals surface area contributed by atoms with E-state index in [4.69, 9.17) is 5.11 Å². The van der Waals surface area contributed by atoms with Gasteiger partial charge >= 0.3 is 11.7 Å². The average Bonchev–Trinajstić information content (AvgIpc) is 2.66. The van der Waals surface area contributed by atoms with Gasteiger partial charge in [0.25, 0.3) is 5.56 Å². The molecule has 0 bridgehead atoms. The Morgan fingerprint density at radius 3 is 2.88 bits per heavy atom. The molecule has 0 amide bonds. The van der Waals surface area contributed by atoms with Crippen molar-refractivity contribution in [1.82, 2.24) is 15.2 Å². The molecule has 0 radical (unpaired) electrons. The number of carbonyl (C=O) groups is 1. The molecule has 2 rings (SSSR count). The number of anilines is 1. The number of rotatable bonds is 2. The molecule has 86 valence electrons. The smallest absolute Gasteiger partial charge is 0.342 e. The highest BCUT2D eigenvalue weighted by Crippen LogP contribution is 2.20. The summed E-state index contributed by atoms with van der Waals surface area (Å²) in [5.74, 6) is -1.05. The predicted molar refractivity (Wildman–Crippen MR) is 53.5 cm³/mol. The monoisotopic (exact) mass is 226 g/mol. The third kappa shape index (κ3) is 1.69. The maximum atomic E-state index is 11.4. The molecule has 16 heavy (non-hydrogen) atoms. The van der Waals surface area contributed by atoms with Gasteiger partial charge in [-0.25, -0.2) is 14.7 Å². The SMILES string of the molecule is O=C(O)C1CCCN1c1n[nH]c(=O)[nH]c1=O. The highest BCUT2D eigenvalue weighted by molar-refractivity contribution is 5.78. The molecule has 1 aliphatic rings. The number of hydrogen-bond donors (Lipinski definition) is 3. The van der Waals surface area contributed by atoms with Crippen molar-refractivity contribution in [2.45, 2.75) is 18.9 Å². The zero-order chi connectivity index (χ0) is 11.7. The van der Waals surface area contributed by atoms with Crippen LogP contribution in [0.5, 0.6) is 0 Å². The molecule has 3 N–H and O–H groups in total. The fourth-order valence-corrected chi connectivity index (χ4v) is 1.81. The van der Waals surface area contributed by atoms with E-state index in [2.05, 4.69) is 10.2 Å². The minimum absolute atomic E-state index is 0.0514. The first-order chi connectivity index (χ1) is 7.59. The second-order valence-electron chi connectivity index (χ2n) is 3.52. The van der Waals surface area contributed by atoms with Gasteiger partial charge in [-0.2, -0.15) is 0 Å². The first-order valence-corrected chi connectivity index (χ1v) is 4.78. The highest BCUT2D eigenvalue weighted by Gasteiger charge is 2.33. The Bertz CT molecular complexity index is 519. The van der Waals surface area contributed by atoms with Crippen LogP contribution in [-0.2, 0) is 4.79 Å². The van der Waals surface area contributed by atoms with Gasteiger partial charge in [-0.3, -0.25) is 9.78 Å². The summed E-state index contributed by atoms with van der Waals surface area (Å²) in [7, 11) is 0. The second kappa shape index (κ2) is 3.80. The van der Waals surface area contributed by atoms with Crippen LogP contribution in [0.4, 0.5) is 5.82 Å². The first kappa shape index (κ1) is 10.4. The molecule has 0 aliphatic carbocycles.